The largest absolute Gasteiger partial charge is 0.394 e. The van der Waals surface area contributed by atoms with Crippen LogP contribution in [-0.4, -0.2) is 193 Å². The molecule has 0 aromatic heterocycles. The number of unbranched alkanes of at least 4 members (excludes halogenated alkanes) is 58. The second kappa shape index (κ2) is 70.5. The molecule has 3 heterocycles. The molecule has 644 valence electrons. The zero-order chi connectivity index (χ0) is 78.8. The van der Waals surface area contributed by atoms with Gasteiger partial charge in [-0.2, -0.15) is 0 Å². The van der Waals surface area contributed by atoms with Gasteiger partial charge in [0.25, 0.3) is 0 Å². The molecule has 0 aromatic rings. The molecule has 17 unspecified atom stereocenters. The zero-order valence-electron chi connectivity index (χ0n) is 69.6. The number of ether oxygens (including phenoxy) is 6. The summed E-state index contributed by atoms with van der Waals surface area (Å²) in [6, 6.07) is -0.973. The first-order valence-corrected chi connectivity index (χ1v) is 46.1. The van der Waals surface area contributed by atoms with E-state index in [9.17, 15) is 61.0 Å². The number of nitrogens with one attached hydrogen (secondary N) is 1. The van der Waals surface area contributed by atoms with Crippen LogP contribution in [-0.2, 0) is 33.2 Å². The van der Waals surface area contributed by atoms with Crippen molar-refractivity contribution in [1.82, 2.24) is 5.32 Å². The number of aliphatic hydroxyl groups is 11. The summed E-state index contributed by atoms with van der Waals surface area (Å²) in [5.74, 6) is -0.266. The number of amides is 1. The number of aliphatic hydroxyl groups excluding tert-OH is 11. The Bertz CT molecular complexity index is 2060. The molecule has 0 bridgehead atoms. The van der Waals surface area contributed by atoms with Crippen LogP contribution in [0.25, 0.3) is 0 Å². The summed E-state index contributed by atoms with van der Waals surface area (Å²) in [5.41, 5.74) is 0. The van der Waals surface area contributed by atoms with Gasteiger partial charge in [0.05, 0.1) is 38.6 Å². The lowest BCUT2D eigenvalue weighted by molar-refractivity contribution is -0.379. The summed E-state index contributed by atoms with van der Waals surface area (Å²) in [5, 5.41) is 121. The van der Waals surface area contributed by atoms with E-state index in [1.165, 1.54) is 340 Å². The molecular weight excluding hydrogens is 1380 g/mol. The third kappa shape index (κ3) is 49.2. The molecule has 0 saturated carbocycles. The summed E-state index contributed by atoms with van der Waals surface area (Å²) >= 11 is 0. The van der Waals surface area contributed by atoms with Crippen molar-refractivity contribution in [3.63, 3.8) is 0 Å². The summed E-state index contributed by atoms with van der Waals surface area (Å²) < 4.78 is 34.6. The van der Waals surface area contributed by atoms with Crippen LogP contribution in [0.3, 0.4) is 0 Å². The van der Waals surface area contributed by atoms with Gasteiger partial charge < -0.3 is 89.9 Å². The Morgan fingerprint density at radius 3 is 0.890 bits per heavy atom. The third-order valence-corrected chi connectivity index (χ3v) is 23.2. The predicted octanol–water partition coefficient (Wildman–Crippen LogP) is 17.6. The highest BCUT2D eigenvalue weighted by molar-refractivity contribution is 5.76. The number of hydrogen-bond acceptors (Lipinski definition) is 18. The lowest BCUT2D eigenvalue weighted by atomic mass is 9.96. The van der Waals surface area contributed by atoms with E-state index in [2.05, 4.69) is 31.3 Å². The van der Waals surface area contributed by atoms with Crippen molar-refractivity contribution >= 4 is 5.91 Å². The van der Waals surface area contributed by atoms with Gasteiger partial charge in [-0.3, -0.25) is 4.79 Å². The van der Waals surface area contributed by atoms with Gasteiger partial charge in [-0.05, 0) is 44.9 Å². The number of carbonyl (C=O) groups is 1. The summed E-state index contributed by atoms with van der Waals surface area (Å²) in [6.45, 7) is 1.81. The van der Waals surface area contributed by atoms with Crippen molar-refractivity contribution in [2.75, 3.05) is 26.4 Å². The highest BCUT2D eigenvalue weighted by Crippen LogP contribution is 2.34. The van der Waals surface area contributed by atoms with E-state index in [0.29, 0.717) is 6.42 Å². The van der Waals surface area contributed by atoms with Gasteiger partial charge in [0, 0.05) is 6.42 Å². The molecule has 3 fully saturated rings. The van der Waals surface area contributed by atoms with E-state index in [1.54, 1.807) is 6.08 Å². The maximum absolute atomic E-state index is 13.5. The van der Waals surface area contributed by atoms with Crippen LogP contribution in [0.4, 0.5) is 0 Å². The van der Waals surface area contributed by atoms with Gasteiger partial charge in [0.15, 0.2) is 18.9 Å². The molecular formula is C90H171NO18. The van der Waals surface area contributed by atoms with Crippen LogP contribution in [0.1, 0.15) is 412 Å². The Labute approximate surface area is 664 Å². The molecule has 0 aliphatic carbocycles. The van der Waals surface area contributed by atoms with Gasteiger partial charge in [-0.15, -0.1) is 0 Å². The quantitative estimate of drug-likeness (QED) is 0.0199. The predicted molar refractivity (Wildman–Crippen MR) is 439 cm³/mol. The smallest absolute Gasteiger partial charge is 0.220 e. The molecule has 0 radical (unpaired) electrons. The fourth-order valence-corrected chi connectivity index (χ4v) is 15.9. The average Bonchev–Trinajstić information content (AvgIpc) is 0.782. The van der Waals surface area contributed by atoms with E-state index in [4.69, 9.17) is 28.4 Å². The van der Waals surface area contributed by atoms with E-state index < -0.39 is 124 Å². The van der Waals surface area contributed by atoms with Crippen molar-refractivity contribution in [3.8, 4) is 0 Å². The van der Waals surface area contributed by atoms with Crippen LogP contribution in [0, 0.1) is 0 Å². The molecule has 0 aromatic carbocycles. The lowest BCUT2D eigenvalue weighted by Crippen LogP contribution is -2.66. The first kappa shape index (κ1) is 101. The van der Waals surface area contributed by atoms with Crippen molar-refractivity contribution in [2.45, 2.75) is 516 Å². The van der Waals surface area contributed by atoms with Crippen LogP contribution < -0.4 is 5.32 Å². The molecule has 12 N–H and O–H groups in total. The molecule has 3 aliphatic rings. The van der Waals surface area contributed by atoms with Crippen LogP contribution in [0.5, 0.6) is 0 Å². The van der Waals surface area contributed by atoms with E-state index in [1.807, 2.05) is 6.08 Å². The van der Waals surface area contributed by atoms with Gasteiger partial charge in [0.2, 0.25) is 5.91 Å². The molecule has 1 amide bonds. The third-order valence-electron chi connectivity index (χ3n) is 23.2. The van der Waals surface area contributed by atoms with E-state index >= 15 is 0 Å². The molecule has 0 spiro atoms. The van der Waals surface area contributed by atoms with Crippen LogP contribution in [0.2, 0.25) is 0 Å². The lowest BCUT2D eigenvalue weighted by Gasteiger charge is -2.48. The van der Waals surface area contributed by atoms with Crippen molar-refractivity contribution in [1.29, 1.82) is 0 Å². The molecule has 19 heteroatoms. The second-order valence-electron chi connectivity index (χ2n) is 33.1. The minimum Gasteiger partial charge on any atom is -0.394 e. The Kier molecular flexibility index (Phi) is 65.6. The van der Waals surface area contributed by atoms with Crippen molar-refractivity contribution < 1.29 is 89.4 Å². The van der Waals surface area contributed by atoms with E-state index in [0.717, 1.165) is 44.9 Å². The van der Waals surface area contributed by atoms with Gasteiger partial charge in [-0.1, -0.05) is 385 Å². The molecule has 109 heavy (non-hydrogen) atoms. The maximum Gasteiger partial charge on any atom is 0.220 e. The first-order valence-electron chi connectivity index (χ1n) is 46.1. The summed E-state index contributed by atoms with van der Waals surface area (Å²) in [4.78, 5) is 13.5. The molecule has 3 aliphatic heterocycles. The van der Waals surface area contributed by atoms with Crippen molar-refractivity contribution in [3.05, 3.63) is 24.3 Å². The monoisotopic (exact) mass is 1550 g/mol. The topological polar surface area (TPSA) is 307 Å². The fraction of sp³-hybridized carbons (Fsp3) is 0.944. The minimum absolute atomic E-state index is 0.249. The SMILES string of the molecule is CCCCCCCCCC/C=C\CCCCCCCCCCCCCCCCCCCCCC(=O)NC(COC1OC(CO)C(OC2OC(CO)C(OC3OC(CO)C(O)C(O)C3O)C(O)C2O)C(O)C1O)C(O)/C=C/CCCCCCCCCCCCCCCCCCCCCCCCCCCCCCCCC. The Morgan fingerprint density at radius 2 is 0.578 bits per heavy atom. The first-order chi connectivity index (χ1) is 53.3. The number of allylic oxidation sites excluding steroid dienone is 3. The summed E-state index contributed by atoms with van der Waals surface area (Å²) in [6.07, 6.45) is 62.0. The molecule has 17 atom stereocenters. The molecule has 19 nitrogen and oxygen atoms in total. The zero-order valence-corrected chi connectivity index (χ0v) is 69.6. The van der Waals surface area contributed by atoms with Gasteiger partial charge in [-0.25, -0.2) is 0 Å². The standard InChI is InChI=1S/C90H171NO18/c1-3-5-7-9-11-13-15-17-19-21-23-25-27-29-31-33-35-36-38-39-41-43-45-47-49-51-53-55-57-59-61-63-65-67-74(95)73(91-78(96)68-66-64-62-60-58-56-54-52-50-48-46-44-42-40-37-34-32-30-28-26-24-22-20-18-16-14-12-10-8-6-4-2)72-104-88-84(102)81(99)86(76(70-93)106-88)109-90-85(103)82(100)87(77(71-94)107-90)108-89-83(101)80(98)79(97)75(69-92)105-89/h22,24,65,67,73-77,79-90,92-95,97-103H,3-21,23,25-64,66,68-72H2,1-2H3,(H,91,96)/b24-22-,67-65+. The van der Waals surface area contributed by atoms with Crippen molar-refractivity contribution in [2.24, 2.45) is 0 Å². The van der Waals surface area contributed by atoms with Gasteiger partial charge in [0.1, 0.15) is 73.2 Å². The second-order valence-corrected chi connectivity index (χ2v) is 33.1. The Hall–Kier alpha value is -1.73. The fourth-order valence-electron chi connectivity index (χ4n) is 15.9. The average molecular weight is 1560 g/mol. The molecule has 3 rings (SSSR count). The normalized spacial score (nSPS) is 25.3. The Morgan fingerprint density at radius 1 is 0.321 bits per heavy atom. The maximum atomic E-state index is 13.5. The van der Waals surface area contributed by atoms with E-state index in [-0.39, 0.29) is 18.9 Å². The summed E-state index contributed by atoms with van der Waals surface area (Å²) in [7, 11) is 0. The minimum atomic E-state index is -1.98. The van der Waals surface area contributed by atoms with Crippen LogP contribution >= 0.6 is 0 Å². The number of hydrogen-bond donors (Lipinski definition) is 12. The highest BCUT2D eigenvalue weighted by atomic mass is 16.8. The number of carbonyl (C=O) groups excluding carboxylic acids is 1. The highest BCUT2D eigenvalue weighted by Gasteiger charge is 2.54. The van der Waals surface area contributed by atoms with Crippen LogP contribution in [0.15, 0.2) is 24.3 Å². The molecule has 3 saturated heterocycles. The number of rotatable bonds is 76. The Balaban J connectivity index is 1.32. The van der Waals surface area contributed by atoms with Gasteiger partial charge >= 0.3 is 0 Å².